The molecule has 1 spiro atoms. The summed E-state index contributed by atoms with van der Waals surface area (Å²) in [7, 11) is -4.01. The van der Waals surface area contributed by atoms with Gasteiger partial charge in [-0.3, -0.25) is 9.13 Å². The van der Waals surface area contributed by atoms with Gasteiger partial charge in [-0.1, -0.05) is 18.2 Å². The third kappa shape index (κ3) is 3.14. The smallest absolute Gasteiger partial charge is 0.329 e. The van der Waals surface area contributed by atoms with Crippen molar-refractivity contribution in [2.45, 2.75) is 42.4 Å². The average Bonchev–Trinajstić information content (AvgIpc) is 3.54. The molecule has 2 fully saturated rings. The van der Waals surface area contributed by atoms with E-state index in [1.165, 1.54) is 29.1 Å². The average molecular weight is 550 g/mol. The van der Waals surface area contributed by atoms with E-state index in [-0.39, 0.29) is 22.1 Å². The Hall–Kier alpha value is -2.47. The Morgan fingerprint density at radius 2 is 1.88 bits per heavy atom. The molecule has 2 aliphatic rings. The van der Waals surface area contributed by atoms with Crippen molar-refractivity contribution in [1.82, 2.24) is 18.1 Å². The lowest BCUT2D eigenvalue weighted by Crippen LogP contribution is -2.38. The van der Waals surface area contributed by atoms with Gasteiger partial charge in [0.1, 0.15) is 0 Å². The third-order valence-corrected chi connectivity index (χ3v) is 9.03. The van der Waals surface area contributed by atoms with E-state index < -0.39 is 28.5 Å². The van der Waals surface area contributed by atoms with Crippen molar-refractivity contribution in [3.05, 3.63) is 57.7 Å². The fraction of sp³-hybridized carbons (Fsp3) is 0.391. The van der Waals surface area contributed by atoms with Gasteiger partial charge in [-0.2, -0.15) is 0 Å². The number of nitrogens with zero attached hydrogens (tertiary/aromatic N) is 4. The van der Waals surface area contributed by atoms with Crippen molar-refractivity contribution in [2.24, 2.45) is 6.98 Å². The minimum Gasteiger partial charge on any atom is -0.348 e. The first-order chi connectivity index (χ1) is 17.5. The van der Waals surface area contributed by atoms with Gasteiger partial charge in [0.25, 0.3) is 10.0 Å². The summed E-state index contributed by atoms with van der Waals surface area (Å²) in [6.45, 7) is -1.72. The van der Waals surface area contributed by atoms with Crippen molar-refractivity contribution in [3.63, 3.8) is 0 Å². The fourth-order valence-electron chi connectivity index (χ4n) is 5.13. The van der Waals surface area contributed by atoms with E-state index in [0.717, 1.165) is 8.54 Å². The molecule has 11 heteroatoms. The first-order valence-corrected chi connectivity index (χ1v) is 13.2. The maximum atomic E-state index is 13.7. The minimum absolute atomic E-state index is 0.0768. The Balaban J connectivity index is 1.59. The second-order valence-electron chi connectivity index (χ2n) is 8.61. The van der Waals surface area contributed by atoms with Gasteiger partial charge in [-0.15, -0.1) is 0 Å². The molecule has 4 aromatic rings. The maximum absolute atomic E-state index is 13.7. The first kappa shape index (κ1) is 18.8. The number of ether oxygens (including phenoxy) is 2. The molecule has 1 saturated carbocycles. The molecular formula is C23H23BrN4O5S. The molecule has 1 aromatic carbocycles. The highest BCUT2D eigenvalue weighted by atomic mass is 79.9. The lowest BCUT2D eigenvalue weighted by molar-refractivity contribution is -0.181. The molecular weight excluding hydrogens is 524 g/mol. The quantitative estimate of drug-likeness (QED) is 0.387. The number of benzene rings is 1. The van der Waals surface area contributed by atoms with Gasteiger partial charge in [0.05, 0.1) is 40.7 Å². The van der Waals surface area contributed by atoms with Crippen LogP contribution in [0.1, 0.15) is 35.8 Å². The summed E-state index contributed by atoms with van der Waals surface area (Å²) < 4.78 is 66.4. The van der Waals surface area contributed by atoms with Gasteiger partial charge >= 0.3 is 5.69 Å². The lowest BCUT2D eigenvalue weighted by atomic mass is 9.89. The molecule has 0 unspecified atom stereocenters. The Morgan fingerprint density at radius 3 is 2.56 bits per heavy atom. The zero-order valence-electron chi connectivity index (χ0n) is 21.0. The van der Waals surface area contributed by atoms with E-state index in [1.54, 1.807) is 18.2 Å². The van der Waals surface area contributed by atoms with Gasteiger partial charge in [-0.25, -0.2) is 22.2 Å². The summed E-state index contributed by atoms with van der Waals surface area (Å²) in [5, 5.41) is 0.353. The Kier molecular flexibility index (Phi) is 4.30. The van der Waals surface area contributed by atoms with Crippen LogP contribution in [-0.2, 0) is 26.5 Å². The highest BCUT2D eigenvalue weighted by Gasteiger charge is 2.41. The molecule has 4 heterocycles. The molecule has 1 aliphatic heterocycles. The summed E-state index contributed by atoms with van der Waals surface area (Å²) in [4.78, 5) is 18.1. The van der Waals surface area contributed by atoms with Crippen LogP contribution in [0.5, 0.6) is 0 Å². The molecule has 6 rings (SSSR count). The van der Waals surface area contributed by atoms with Gasteiger partial charge in [0.15, 0.2) is 11.4 Å². The van der Waals surface area contributed by atoms with E-state index in [2.05, 4.69) is 20.9 Å². The van der Waals surface area contributed by atoms with Crippen molar-refractivity contribution >= 4 is 48.0 Å². The summed E-state index contributed by atoms with van der Waals surface area (Å²) >= 11 is 3.46. The number of aryl methyl sites for hydroxylation is 1. The summed E-state index contributed by atoms with van der Waals surface area (Å²) in [6.07, 6.45) is 4.83. The van der Waals surface area contributed by atoms with Gasteiger partial charge in [0, 0.05) is 40.6 Å². The molecule has 34 heavy (non-hydrogen) atoms. The second-order valence-corrected chi connectivity index (χ2v) is 11.3. The first-order valence-electron chi connectivity index (χ1n) is 12.5. The molecule has 0 radical (unpaired) electrons. The van der Waals surface area contributed by atoms with E-state index in [0.29, 0.717) is 54.3 Å². The molecule has 178 valence electrons. The van der Waals surface area contributed by atoms with Crippen molar-refractivity contribution < 1.29 is 22.0 Å². The van der Waals surface area contributed by atoms with Crippen molar-refractivity contribution in [1.29, 1.82) is 0 Å². The Labute approximate surface area is 208 Å². The standard InChI is InChI=1S/C23H23BrN4O5S/c1-26-18-13-25-21-19(17(24)14-27(21)34(30,31)16-5-3-2-4-6-16)20(18)28(22(26)29)15-7-9-23(10-8-15)32-11-12-33-23/h2-6,13-15H,7-12H2,1H3/i1D3. The van der Waals surface area contributed by atoms with Crippen molar-refractivity contribution in [3.8, 4) is 0 Å². The van der Waals surface area contributed by atoms with Crippen LogP contribution in [0.25, 0.3) is 22.1 Å². The van der Waals surface area contributed by atoms with E-state index in [9.17, 15) is 13.2 Å². The number of rotatable bonds is 3. The monoisotopic (exact) mass is 549 g/mol. The predicted octanol–water partition coefficient (Wildman–Crippen LogP) is 3.55. The number of imidazole rings is 1. The molecule has 1 saturated heterocycles. The normalized spacial score (nSPS) is 20.7. The molecule has 1 aliphatic carbocycles. The molecule has 0 N–H and O–H groups in total. The Bertz CT molecular complexity index is 1680. The van der Waals surface area contributed by atoms with Crippen LogP contribution < -0.4 is 5.69 Å². The number of fused-ring (bicyclic) bond motifs is 3. The Morgan fingerprint density at radius 1 is 1.18 bits per heavy atom. The zero-order valence-corrected chi connectivity index (χ0v) is 20.4. The highest BCUT2D eigenvalue weighted by molar-refractivity contribution is 9.10. The van der Waals surface area contributed by atoms with Crippen molar-refractivity contribution in [2.75, 3.05) is 13.2 Å². The van der Waals surface area contributed by atoms with E-state index in [1.807, 2.05) is 0 Å². The number of pyridine rings is 1. The van der Waals surface area contributed by atoms with Crippen LogP contribution in [0.3, 0.4) is 0 Å². The highest BCUT2D eigenvalue weighted by Crippen LogP contribution is 2.42. The van der Waals surface area contributed by atoms with Gasteiger partial charge < -0.3 is 9.47 Å². The van der Waals surface area contributed by atoms with E-state index >= 15 is 0 Å². The number of halogens is 1. The van der Waals surface area contributed by atoms with E-state index in [4.69, 9.17) is 13.6 Å². The summed E-state index contributed by atoms with van der Waals surface area (Å²) in [5.74, 6) is -0.660. The SMILES string of the molecule is [2H]C([2H])([2H])n1c(=O)n(C2CCC3(CC2)OCCO3)c2c3c(Br)cn(S(=O)(=O)c4ccccc4)c3ncc21. The number of hydrogen-bond acceptors (Lipinski definition) is 6. The molecule has 0 amide bonds. The second kappa shape index (κ2) is 7.77. The molecule has 0 atom stereocenters. The molecule has 3 aromatic heterocycles. The van der Waals surface area contributed by atoms with Crippen LogP contribution in [-0.4, -0.2) is 45.5 Å². The van der Waals surface area contributed by atoms with Crippen LogP contribution in [0.2, 0.25) is 0 Å². The lowest BCUT2D eigenvalue weighted by Gasteiger charge is -2.35. The summed E-state index contributed by atoms with van der Waals surface area (Å²) in [6, 6.07) is 7.61. The van der Waals surface area contributed by atoms with Gasteiger partial charge in [-0.05, 0) is 40.9 Å². The van der Waals surface area contributed by atoms with Gasteiger partial charge in [0.2, 0.25) is 0 Å². The zero-order chi connectivity index (χ0) is 26.2. The topological polar surface area (TPSA) is 97.4 Å². The number of aromatic nitrogens is 4. The van der Waals surface area contributed by atoms with Crippen LogP contribution in [0, 0.1) is 0 Å². The number of hydrogen-bond donors (Lipinski definition) is 0. The molecule has 0 bridgehead atoms. The van der Waals surface area contributed by atoms with Crippen LogP contribution in [0.15, 0.2) is 56.9 Å². The van der Waals surface area contributed by atoms with Crippen LogP contribution >= 0.6 is 15.9 Å². The van der Waals surface area contributed by atoms with Crippen LogP contribution in [0.4, 0.5) is 0 Å². The summed E-state index contributed by atoms with van der Waals surface area (Å²) in [5.41, 5.74) is -0.158. The maximum Gasteiger partial charge on any atom is 0.329 e. The minimum atomic E-state index is -4.01. The third-order valence-electron chi connectivity index (χ3n) is 6.77. The largest absolute Gasteiger partial charge is 0.348 e. The predicted molar refractivity (Wildman–Crippen MR) is 129 cm³/mol. The molecule has 9 nitrogen and oxygen atoms in total. The fourth-order valence-corrected chi connectivity index (χ4v) is 7.17.